The van der Waals surface area contributed by atoms with Crippen LogP contribution < -0.4 is 0 Å². The highest BCUT2D eigenvalue weighted by Gasteiger charge is 2.11. The van der Waals surface area contributed by atoms with Gasteiger partial charge in [-0.1, -0.05) is 18.5 Å². The summed E-state index contributed by atoms with van der Waals surface area (Å²) in [4.78, 5) is 12.1. The molecule has 0 amide bonds. The van der Waals surface area contributed by atoms with Gasteiger partial charge in [-0.05, 0) is 36.8 Å². The summed E-state index contributed by atoms with van der Waals surface area (Å²) in [6, 6.07) is 8.95. The number of hydrogen-bond acceptors (Lipinski definition) is 2. The number of ketones is 1. The van der Waals surface area contributed by atoms with E-state index < -0.39 is 0 Å². The summed E-state index contributed by atoms with van der Waals surface area (Å²) in [5.74, 6) is 0.0809. The van der Waals surface area contributed by atoms with Crippen molar-refractivity contribution in [1.29, 1.82) is 0 Å². The minimum absolute atomic E-state index is 0.0809. The van der Waals surface area contributed by atoms with E-state index in [-0.39, 0.29) is 5.78 Å². The van der Waals surface area contributed by atoms with E-state index in [1.807, 2.05) is 20.0 Å². The summed E-state index contributed by atoms with van der Waals surface area (Å²) < 4.78 is 1.77. The molecule has 0 radical (unpaired) electrons. The van der Waals surface area contributed by atoms with Crippen molar-refractivity contribution < 1.29 is 4.79 Å². The monoisotopic (exact) mass is 262 g/mol. The molecule has 0 bridgehead atoms. The van der Waals surface area contributed by atoms with Crippen molar-refractivity contribution in [2.45, 2.75) is 19.8 Å². The minimum Gasteiger partial charge on any atom is -0.294 e. The van der Waals surface area contributed by atoms with Gasteiger partial charge in [0.05, 0.1) is 12.1 Å². The van der Waals surface area contributed by atoms with Crippen LogP contribution >= 0.6 is 11.6 Å². The molecule has 1 aromatic heterocycles. The number of aryl methyl sites for hydroxylation is 2. The Balaban J connectivity index is 2.15. The second-order valence-electron chi connectivity index (χ2n) is 4.21. The lowest BCUT2D eigenvalue weighted by molar-refractivity contribution is 0.0991. The highest BCUT2D eigenvalue weighted by Crippen LogP contribution is 2.13. The molecule has 0 N–H and O–H groups in total. The number of carbonyl (C=O) groups excluding carboxylic acids is 1. The normalized spacial score (nSPS) is 10.6. The van der Waals surface area contributed by atoms with Gasteiger partial charge < -0.3 is 0 Å². The molecule has 0 atom stereocenters. The lowest BCUT2D eigenvalue weighted by Crippen LogP contribution is -2.07. The zero-order chi connectivity index (χ0) is 13.1. The van der Waals surface area contributed by atoms with Gasteiger partial charge in [-0.15, -0.1) is 0 Å². The first-order valence-corrected chi connectivity index (χ1v) is 6.28. The van der Waals surface area contributed by atoms with E-state index in [4.69, 9.17) is 11.6 Å². The molecule has 1 heterocycles. The third-order valence-electron chi connectivity index (χ3n) is 2.90. The van der Waals surface area contributed by atoms with Gasteiger partial charge in [-0.3, -0.25) is 9.48 Å². The fraction of sp³-hybridized carbons (Fsp3) is 0.286. The van der Waals surface area contributed by atoms with Gasteiger partial charge in [0.25, 0.3) is 0 Å². The number of Topliss-reactive ketones (excluding diaryl/α,β-unsaturated/α-hetero) is 1. The number of carbonyl (C=O) groups is 1. The number of aromatic nitrogens is 2. The fourth-order valence-corrected chi connectivity index (χ4v) is 1.94. The molecule has 0 aliphatic carbocycles. The third kappa shape index (κ3) is 2.79. The molecule has 2 rings (SSSR count). The predicted molar refractivity (Wildman–Crippen MR) is 72.1 cm³/mol. The molecule has 0 fully saturated rings. The smallest absolute Gasteiger partial charge is 0.168 e. The minimum atomic E-state index is 0.0809. The lowest BCUT2D eigenvalue weighted by atomic mass is 10.1. The van der Waals surface area contributed by atoms with E-state index in [1.54, 1.807) is 28.9 Å². The van der Waals surface area contributed by atoms with Crippen molar-refractivity contribution in [2.24, 2.45) is 7.05 Å². The van der Waals surface area contributed by atoms with Crippen molar-refractivity contribution in [3.05, 3.63) is 52.3 Å². The Morgan fingerprint density at radius 1 is 1.33 bits per heavy atom. The largest absolute Gasteiger partial charge is 0.294 e. The van der Waals surface area contributed by atoms with Gasteiger partial charge >= 0.3 is 0 Å². The van der Waals surface area contributed by atoms with Gasteiger partial charge in [0.1, 0.15) is 0 Å². The maximum absolute atomic E-state index is 12.1. The molecule has 1 aromatic carbocycles. The van der Waals surface area contributed by atoms with Crippen LogP contribution in [0.25, 0.3) is 0 Å². The van der Waals surface area contributed by atoms with Crippen LogP contribution in [0.3, 0.4) is 0 Å². The van der Waals surface area contributed by atoms with E-state index in [9.17, 15) is 4.79 Å². The van der Waals surface area contributed by atoms with E-state index in [0.717, 1.165) is 17.8 Å². The summed E-state index contributed by atoms with van der Waals surface area (Å²) in [6.45, 7) is 2.05. The fourth-order valence-electron chi connectivity index (χ4n) is 1.81. The summed E-state index contributed by atoms with van der Waals surface area (Å²) in [7, 11) is 1.86. The summed E-state index contributed by atoms with van der Waals surface area (Å²) in [5, 5.41) is 4.97. The average Bonchev–Trinajstić information content (AvgIpc) is 2.71. The molecule has 0 saturated heterocycles. The molecule has 0 spiro atoms. The van der Waals surface area contributed by atoms with Crippen LogP contribution in [0.5, 0.6) is 0 Å². The molecule has 0 aliphatic heterocycles. The standard InChI is InChI=1S/C14H15ClN2O/c1-3-12-8-13(17(2)16-12)9-14(18)10-4-6-11(15)7-5-10/h4-8H,3,9H2,1-2H3. The first kappa shape index (κ1) is 12.8. The Morgan fingerprint density at radius 3 is 2.56 bits per heavy atom. The zero-order valence-corrected chi connectivity index (χ0v) is 11.2. The van der Waals surface area contributed by atoms with Gasteiger partial charge in [0.2, 0.25) is 0 Å². The topological polar surface area (TPSA) is 34.9 Å². The number of benzene rings is 1. The first-order chi connectivity index (χ1) is 8.60. The van der Waals surface area contributed by atoms with Gasteiger partial charge in [-0.25, -0.2) is 0 Å². The third-order valence-corrected chi connectivity index (χ3v) is 3.15. The Morgan fingerprint density at radius 2 is 2.00 bits per heavy atom. The quantitative estimate of drug-likeness (QED) is 0.794. The molecule has 0 saturated carbocycles. The van der Waals surface area contributed by atoms with E-state index >= 15 is 0 Å². The maximum atomic E-state index is 12.1. The molecule has 0 unspecified atom stereocenters. The lowest BCUT2D eigenvalue weighted by Gasteiger charge is -2.02. The number of halogens is 1. The van der Waals surface area contributed by atoms with Crippen molar-refractivity contribution in [3.63, 3.8) is 0 Å². The highest BCUT2D eigenvalue weighted by atomic mass is 35.5. The number of rotatable bonds is 4. The van der Waals surface area contributed by atoms with Crippen molar-refractivity contribution >= 4 is 17.4 Å². The second-order valence-corrected chi connectivity index (χ2v) is 4.65. The Labute approximate surface area is 111 Å². The number of nitrogens with zero attached hydrogens (tertiary/aromatic N) is 2. The second kappa shape index (κ2) is 5.36. The SMILES string of the molecule is CCc1cc(CC(=O)c2ccc(Cl)cc2)n(C)n1. The molecule has 0 aliphatic rings. The van der Waals surface area contributed by atoms with Crippen LogP contribution in [0.2, 0.25) is 5.02 Å². The summed E-state index contributed by atoms with van der Waals surface area (Å²) >= 11 is 5.80. The highest BCUT2D eigenvalue weighted by molar-refractivity contribution is 6.30. The maximum Gasteiger partial charge on any atom is 0.168 e. The van der Waals surface area contributed by atoms with E-state index in [0.29, 0.717) is 17.0 Å². The van der Waals surface area contributed by atoms with Crippen molar-refractivity contribution in [2.75, 3.05) is 0 Å². The van der Waals surface area contributed by atoms with Gasteiger partial charge in [-0.2, -0.15) is 5.10 Å². The van der Waals surface area contributed by atoms with E-state index in [1.165, 1.54) is 0 Å². The average molecular weight is 263 g/mol. The van der Waals surface area contributed by atoms with Crippen LogP contribution in [-0.2, 0) is 19.9 Å². The predicted octanol–water partition coefficient (Wildman–Crippen LogP) is 3.06. The van der Waals surface area contributed by atoms with Crippen LogP contribution in [0.15, 0.2) is 30.3 Å². The summed E-state index contributed by atoms with van der Waals surface area (Å²) in [6.07, 6.45) is 1.24. The molecule has 18 heavy (non-hydrogen) atoms. The van der Waals surface area contributed by atoms with Gasteiger partial charge in [0.15, 0.2) is 5.78 Å². The zero-order valence-electron chi connectivity index (χ0n) is 10.5. The molecular formula is C14H15ClN2O. The molecule has 3 nitrogen and oxygen atoms in total. The van der Waals surface area contributed by atoms with Crippen LogP contribution in [0.4, 0.5) is 0 Å². The molecular weight excluding hydrogens is 248 g/mol. The Hall–Kier alpha value is -1.61. The number of hydrogen-bond donors (Lipinski definition) is 0. The van der Waals surface area contributed by atoms with Gasteiger partial charge in [0, 0.05) is 23.3 Å². The Bertz CT molecular complexity index is 558. The van der Waals surface area contributed by atoms with E-state index in [2.05, 4.69) is 5.10 Å². The van der Waals surface area contributed by atoms with Crippen molar-refractivity contribution in [3.8, 4) is 0 Å². The first-order valence-electron chi connectivity index (χ1n) is 5.90. The van der Waals surface area contributed by atoms with Crippen LogP contribution in [0, 0.1) is 0 Å². The van der Waals surface area contributed by atoms with Crippen molar-refractivity contribution in [1.82, 2.24) is 9.78 Å². The van der Waals surface area contributed by atoms with Crippen LogP contribution in [0.1, 0.15) is 28.7 Å². The molecule has 94 valence electrons. The molecule has 2 aromatic rings. The molecule has 4 heteroatoms. The van der Waals surface area contributed by atoms with Crippen LogP contribution in [-0.4, -0.2) is 15.6 Å². The Kier molecular flexibility index (Phi) is 3.82. The summed E-state index contributed by atoms with van der Waals surface area (Å²) in [5.41, 5.74) is 2.63.